The number of phenolic OH excluding ortho intramolecular Hbond substituents is 1. The molecule has 1 atom stereocenters. The minimum absolute atomic E-state index is 0.106. The summed E-state index contributed by atoms with van der Waals surface area (Å²) in [5.74, 6) is -1.22. The Labute approximate surface area is 174 Å². The van der Waals surface area contributed by atoms with E-state index in [1.54, 1.807) is 25.1 Å². The van der Waals surface area contributed by atoms with E-state index in [0.717, 1.165) is 5.56 Å². The van der Waals surface area contributed by atoms with Crippen LogP contribution in [0.25, 0.3) is 0 Å². The molecule has 1 fully saturated rings. The lowest BCUT2D eigenvalue weighted by Gasteiger charge is -2.21. The Bertz CT molecular complexity index is 986. The average molecular weight is 465 g/mol. The van der Waals surface area contributed by atoms with Gasteiger partial charge in [0, 0.05) is 4.47 Å². The van der Waals surface area contributed by atoms with Crippen molar-refractivity contribution in [1.82, 2.24) is 15.8 Å². The van der Waals surface area contributed by atoms with Gasteiger partial charge < -0.3 is 15.7 Å². The first-order valence-electron chi connectivity index (χ1n) is 8.65. The summed E-state index contributed by atoms with van der Waals surface area (Å²) in [5.41, 5.74) is 1.58. The molecular formula is C19H18BrFN4O4. The molecule has 1 aliphatic rings. The zero-order valence-corrected chi connectivity index (χ0v) is 16.9. The largest absolute Gasteiger partial charge is 0.508 e. The Hall–Kier alpha value is -3.14. The van der Waals surface area contributed by atoms with Gasteiger partial charge in [-0.05, 0) is 55.7 Å². The molecular weight excluding hydrogens is 447 g/mol. The number of urea groups is 2. The molecule has 0 bridgehead atoms. The maximum atomic E-state index is 13.8. The standard InChI is InChI=1S/C19H18BrFN4O4/c1-19(8-7-11-3-2-4-13(26)9-11)16(27)25(18(29)23-19)24-17(28)22-15-6-5-12(20)10-14(15)21/h2-6,9-10,26H,7-8H2,1H3,(H,23,29)(H2,22,24,28)/t19-/m0/s1. The molecule has 0 saturated carbocycles. The van der Waals surface area contributed by atoms with Crippen LogP contribution in [-0.2, 0) is 11.2 Å². The van der Waals surface area contributed by atoms with Crippen LogP contribution in [0.5, 0.6) is 5.75 Å². The molecule has 8 nitrogen and oxygen atoms in total. The second-order valence-corrected chi connectivity index (χ2v) is 7.68. The average Bonchev–Trinajstić information content (AvgIpc) is 2.86. The molecule has 1 aliphatic heterocycles. The molecule has 2 aromatic carbocycles. The molecule has 3 rings (SSSR count). The smallest absolute Gasteiger partial charge is 0.344 e. The summed E-state index contributed by atoms with van der Waals surface area (Å²) in [7, 11) is 0. The second kappa shape index (κ2) is 8.08. The van der Waals surface area contributed by atoms with Crippen molar-refractivity contribution in [3.8, 4) is 5.75 Å². The Balaban J connectivity index is 1.64. The van der Waals surface area contributed by atoms with Crippen LogP contribution in [0.2, 0.25) is 0 Å². The highest BCUT2D eigenvalue weighted by molar-refractivity contribution is 9.10. The molecule has 1 heterocycles. The highest BCUT2D eigenvalue weighted by atomic mass is 79.9. The van der Waals surface area contributed by atoms with Gasteiger partial charge in [0.1, 0.15) is 17.1 Å². The van der Waals surface area contributed by atoms with Crippen LogP contribution in [0.3, 0.4) is 0 Å². The van der Waals surface area contributed by atoms with Crippen molar-refractivity contribution in [3.63, 3.8) is 0 Å². The number of hydrogen-bond donors (Lipinski definition) is 4. The molecule has 0 aliphatic carbocycles. The molecule has 29 heavy (non-hydrogen) atoms. The summed E-state index contributed by atoms with van der Waals surface area (Å²) in [5, 5.41) is 14.9. The first-order chi connectivity index (χ1) is 13.7. The summed E-state index contributed by atoms with van der Waals surface area (Å²) < 4.78 is 14.3. The number of carbonyl (C=O) groups excluding carboxylic acids is 3. The summed E-state index contributed by atoms with van der Waals surface area (Å²) in [4.78, 5) is 37.0. The normalized spacial score (nSPS) is 18.5. The summed E-state index contributed by atoms with van der Waals surface area (Å²) in [6.07, 6.45) is 0.670. The highest BCUT2D eigenvalue weighted by Gasteiger charge is 2.48. The molecule has 10 heteroatoms. The van der Waals surface area contributed by atoms with E-state index in [0.29, 0.717) is 15.9 Å². The maximum absolute atomic E-state index is 13.8. The van der Waals surface area contributed by atoms with Gasteiger partial charge in [0.25, 0.3) is 5.91 Å². The van der Waals surface area contributed by atoms with Gasteiger partial charge in [-0.1, -0.05) is 28.1 Å². The fourth-order valence-electron chi connectivity index (χ4n) is 2.90. The Kier molecular flexibility index (Phi) is 5.73. The number of amides is 5. The van der Waals surface area contributed by atoms with Gasteiger partial charge in [0.2, 0.25) is 0 Å². The zero-order valence-electron chi connectivity index (χ0n) is 15.3. The van der Waals surface area contributed by atoms with E-state index >= 15 is 0 Å². The Morgan fingerprint density at radius 2 is 2.03 bits per heavy atom. The third-order valence-corrected chi connectivity index (χ3v) is 4.97. The molecule has 0 spiro atoms. The molecule has 0 radical (unpaired) electrons. The predicted octanol–water partition coefficient (Wildman–Crippen LogP) is 3.27. The number of nitrogens with one attached hydrogen (secondary N) is 3. The number of imide groups is 1. The number of anilines is 1. The summed E-state index contributed by atoms with van der Waals surface area (Å²) in [6.45, 7) is 1.55. The topological polar surface area (TPSA) is 111 Å². The van der Waals surface area contributed by atoms with Crippen molar-refractivity contribution in [2.75, 3.05) is 5.32 Å². The molecule has 1 saturated heterocycles. The lowest BCUT2D eigenvalue weighted by atomic mass is 9.93. The van der Waals surface area contributed by atoms with Crippen molar-refractivity contribution < 1.29 is 23.9 Å². The van der Waals surface area contributed by atoms with Gasteiger partial charge in [-0.15, -0.1) is 0 Å². The van der Waals surface area contributed by atoms with Crippen LogP contribution in [0.15, 0.2) is 46.9 Å². The van der Waals surface area contributed by atoms with E-state index < -0.39 is 29.3 Å². The third kappa shape index (κ3) is 4.65. The molecule has 0 aromatic heterocycles. The quantitative estimate of drug-likeness (QED) is 0.508. The fraction of sp³-hybridized carbons (Fsp3) is 0.211. The molecule has 0 unspecified atom stereocenters. The molecule has 4 N–H and O–H groups in total. The van der Waals surface area contributed by atoms with Gasteiger partial charge in [0.05, 0.1) is 5.69 Å². The van der Waals surface area contributed by atoms with Crippen LogP contribution in [0.1, 0.15) is 18.9 Å². The number of phenols is 1. The highest BCUT2D eigenvalue weighted by Crippen LogP contribution is 2.24. The first kappa shape index (κ1) is 20.6. The van der Waals surface area contributed by atoms with Crippen LogP contribution >= 0.6 is 15.9 Å². The number of nitrogens with zero attached hydrogens (tertiary/aromatic N) is 1. The van der Waals surface area contributed by atoms with E-state index in [1.807, 2.05) is 0 Å². The van der Waals surface area contributed by atoms with Gasteiger partial charge in [0.15, 0.2) is 0 Å². The number of halogens is 2. The van der Waals surface area contributed by atoms with Crippen LogP contribution in [0.4, 0.5) is 19.7 Å². The summed E-state index contributed by atoms with van der Waals surface area (Å²) >= 11 is 3.11. The zero-order chi connectivity index (χ0) is 21.2. The lowest BCUT2D eigenvalue weighted by molar-refractivity contribution is -0.132. The first-order valence-corrected chi connectivity index (χ1v) is 9.44. The monoisotopic (exact) mass is 464 g/mol. The van der Waals surface area contributed by atoms with Gasteiger partial charge >= 0.3 is 12.1 Å². The molecule has 2 aromatic rings. The minimum atomic E-state index is -1.24. The maximum Gasteiger partial charge on any atom is 0.344 e. The number of hydrazine groups is 1. The van der Waals surface area contributed by atoms with Crippen LogP contribution in [-0.4, -0.2) is 33.6 Å². The SMILES string of the molecule is C[C@@]1(CCc2cccc(O)c2)NC(=O)N(NC(=O)Nc2ccc(Br)cc2F)C1=O. The van der Waals surface area contributed by atoms with E-state index in [2.05, 4.69) is 32.0 Å². The van der Waals surface area contributed by atoms with Crippen molar-refractivity contribution in [2.24, 2.45) is 0 Å². The molecule has 152 valence electrons. The number of aryl methyl sites for hydroxylation is 1. The number of aromatic hydroxyl groups is 1. The number of benzene rings is 2. The minimum Gasteiger partial charge on any atom is -0.508 e. The Morgan fingerprint density at radius 1 is 1.28 bits per heavy atom. The predicted molar refractivity (Wildman–Crippen MR) is 106 cm³/mol. The van der Waals surface area contributed by atoms with Gasteiger partial charge in [-0.2, -0.15) is 5.01 Å². The van der Waals surface area contributed by atoms with Crippen LogP contribution < -0.4 is 16.1 Å². The number of rotatable bonds is 5. The van der Waals surface area contributed by atoms with Gasteiger partial charge in [-0.25, -0.2) is 19.4 Å². The third-order valence-electron chi connectivity index (χ3n) is 4.48. The summed E-state index contributed by atoms with van der Waals surface area (Å²) in [6, 6.07) is 8.89. The van der Waals surface area contributed by atoms with E-state index in [4.69, 9.17) is 0 Å². The van der Waals surface area contributed by atoms with Crippen molar-refractivity contribution >= 4 is 39.6 Å². The van der Waals surface area contributed by atoms with E-state index in [-0.39, 0.29) is 17.9 Å². The van der Waals surface area contributed by atoms with Crippen molar-refractivity contribution in [1.29, 1.82) is 0 Å². The van der Waals surface area contributed by atoms with E-state index in [1.165, 1.54) is 24.3 Å². The number of hydrogen-bond acceptors (Lipinski definition) is 4. The fourth-order valence-corrected chi connectivity index (χ4v) is 3.24. The molecule has 5 amide bonds. The van der Waals surface area contributed by atoms with Gasteiger partial charge in [-0.3, -0.25) is 4.79 Å². The lowest BCUT2D eigenvalue weighted by Crippen LogP contribution is -2.50. The van der Waals surface area contributed by atoms with Crippen molar-refractivity contribution in [2.45, 2.75) is 25.3 Å². The van der Waals surface area contributed by atoms with Crippen molar-refractivity contribution in [3.05, 3.63) is 58.3 Å². The Morgan fingerprint density at radius 3 is 2.72 bits per heavy atom. The second-order valence-electron chi connectivity index (χ2n) is 6.76. The number of carbonyl (C=O) groups is 3. The van der Waals surface area contributed by atoms with Crippen LogP contribution in [0, 0.1) is 5.82 Å². The van der Waals surface area contributed by atoms with E-state index in [9.17, 15) is 23.9 Å².